The molecule has 3 heteroatoms. The fourth-order valence-electron chi connectivity index (χ4n) is 2.64. The molecule has 0 spiro atoms. The van der Waals surface area contributed by atoms with E-state index in [4.69, 9.17) is 10.5 Å². The minimum Gasteiger partial charge on any atom is -0.398 e. The zero-order chi connectivity index (χ0) is 13.8. The highest BCUT2D eigenvalue weighted by atomic mass is 16.5. The molecule has 1 aromatic rings. The molecular formula is C16H26N2O. The van der Waals surface area contributed by atoms with E-state index in [0.29, 0.717) is 18.2 Å². The Bertz CT molecular complexity index is 405. The van der Waals surface area contributed by atoms with E-state index in [1.54, 1.807) is 0 Å². The maximum absolute atomic E-state index is 6.04. The molecule has 0 saturated carbocycles. The molecule has 1 aromatic carbocycles. The monoisotopic (exact) mass is 262 g/mol. The van der Waals surface area contributed by atoms with Crippen LogP contribution >= 0.6 is 0 Å². The Morgan fingerprint density at radius 3 is 2.63 bits per heavy atom. The summed E-state index contributed by atoms with van der Waals surface area (Å²) < 4.78 is 5.94. The number of anilines is 1. The first-order valence-corrected chi connectivity index (χ1v) is 7.29. The Morgan fingerprint density at radius 2 is 2.05 bits per heavy atom. The Labute approximate surface area is 116 Å². The molecule has 1 aliphatic rings. The molecule has 19 heavy (non-hydrogen) atoms. The molecule has 2 N–H and O–H groups in total. The largest absolute Gasteiger partial charge is 0.398 e. The Kier molecular flexibility index (Phi) is 4.83. The van der Waals surface area contributed by atoms with Gasteiger partial charge in [0.15, 0.2) is 0 Å². The summed E-state index contributed by atoms with van der Waals surface area (Å²) in [5.74, 6) is 0. The van der Waals surface area contributed by atoms with Crippen molar-refractivity contribution in [1.29, 1.82) is 0 Å². The van der Waals surface area contributed by atoms with Crippen molar-refractivity contribution in [3.8, 4) is 0 Å². The van der Waals surface area contributed by atoms with Crippen LogP contribution < -0.4 is 5.73 Å². The summed E-state index contributed by atoms with van der Waals surface area (Å²) in [6.45, 7) is 8.53. The van der Waals surface area contributed by atoms with E-state index in [1.165, 1.54) is 18.4 Å². The van der Waals surface area contributed by atoms with Crippen LogP contribution in [0.15, 0.2) is 24.3 Å². The van der Waals surface area contributed by atoms with Crippen LogP contribution in [0, 0.1) is 0 Å². The summed E-state index contributed by atoms with van der Waals surface area (Å²) in [4.78, 5) is 2.45. The highest BCUT2D eigenvalue weighted by Crippen LogP contribution is 2.22. The summed E-state index contributed by atoms with van der Waals surface area (Å²) in [6.07, 6.45) is 3.15. The van der Waals surface area contributed by atoms with Gasteiger partial charge in [-0.1, -0.05) is 18.2 Å². The fraction of sp³-hybridized carbons (Fsp3) is 0.625. The Morgan fingerprint density at radius 1 is 1.32 bits per heavy atom. The van der Waals surface area contributed by atoms with Gasteiger partial charge in [0.05, 0.1) is 12.2 Å². The van der Waals surface area contributed by atoms with Crippen LogP contribution in [-0.2, 0) is 11.3 Å². The molecule has 0 aromatic heterocycles. The second kappa shape index (κ2) is 6.40. The predicted octanol–water partition coefficient (Wildman–Crippen LogP) is 3.05. The lowest BCUT2D eigenvalue weighted by molar-refractivity contribution is 0.0226. The normalized spacial score (nSPS) is 23.4. The maximum atomic E-state index is 6.04. The molecule has 1 saturated heterocycles. The first-order valence-electron chi connectivity index (χ1n) is 7.29. The number of hydrogen-bond donors (Lipinski definition) is 1. The second-order valence-corrected chi connectivity index (χ2v) is 5.87. The molecule has 3 nitrogen and oxygen atoms in total. The topological polar surface area (TPSA) is 38.5 Å². The van der Waals surface area contributed by atoms with Gasteiger partial charge in [0.1, 0.15) is 0 Å². The quantitative estimate of drug-likeness (QED) is 0.829. The third-order valence-corrected chi connectivity index (χ3v) is 3.92. The van der Waals surface area contributed by atoms with Crippen LogP contribution in [0.4, 0.5) is 5.69 Å². The molecule has 0 amide bonds. The van der Waals surface area contributed by atoms with Crippen LogP contribution in [-0.4, -0.2) is 29.7 Å². The number of nitrogens with two attached hydrogens (primary N) is 1. The highest BCUT2D eigenvalue weighted by molar-refractivity contribution is 5.46. The molecule has 1 heterocycles. The van der Waals surface area contributed by atoms with Crippen molar-refractivity contribution in [2.24, 2.45) is 0 Å². The number of para-hydroxylation sites is 1. The zero-order valence-electron chi connectivity index (χ0n) is 12.3. The summed E-state index contributed by atoms with van der Waals surface area (Å²) in [6, 6.07) is 8.63. The molecule has 2 unspecified atom stereocenters. The van der Waals surface area contributed by atoms with Gasteiger partial charge in [0, 0.05) is 24.8 Å². The van der Waals surface area contributed by atoms with Gasteiger partial charge in [0.25, 0.3) is 0 Å². The van der Waals surface area contributed by atoms with E-state index in [9.17, 15) is 0 Å². The van der Waals surface area contributed by atoms with Crippen molar-refractivity contribution in [1.82, 2.24) is 4.90 Å². The number of benzene rings is 1. The number of nitrogens with zero attached hydrogens (tertiary/aromatic N) is 1. The lowest BCUT2D eigenvalue weighted by atomic mass is 10.1. The van der Waals surface area contributed by atoms with Gasteiger partial charge < -0.3 is 10.5 Å². The lowest BCUT2D eigenvalue weighted by Crippen LogP contribution is -2.37. The van der Waals surface area contributed by atoms with E-state index in [1.807, 2.05) is 12.1 Å². The molecule has 2 rings (SSSR count). The van der Waals surface area contributed by atoms with Gasteiger partial charge in [-0.3, -0.25) is 4.90 Å². The van der Waals surface area contributed by atoms with Gasteiger partial charge in [-0.2, -0.15) is 0 Å². The maximum Gasteiger partial charge on any atom is 0.0706 e. The van der Waals surface area contributed by atoms with Gasteiger partial charge in [0.2, 0.25) is 0 Å². The highest BCUT2D eigenvalue weighted by Gasteiger charge is 2.25. The van der Waals surface area contributed by atoms with E-state index in [-0.39, 0.29) is 0 Å². The van der Waals surface area contributed by atoms with Gasteiger partial charge in [-0.15, -0.1) is 0 Å². The summed E-state index contributed by atoms with van der Waals surface area (Å²) in [5.41, 5.74) is 8.13. The predicted molar refractivity (Wildman–Crippen MR) is 80.0 cm³/mol. The third kappa shape index (κ3) is 3.95. The SMILES string of the molecule is CC1CCC(CN(Cc2ccccc2N)C(C)C)O1. The molecule has 0 radical (unpaired) electrons. The number of hydrogen-bond acceptors (Lipinski definition) is 3. The van der Waals surface area contributed by atoms with E-state index in [0.717, 1.165) is 18.8 Å². The van der Waals surface area contributed by atoms with Crippen molar-refractivity contribution >= 4 is 5.69 Å². The van der Waals surface area contributed by atoms with Crippen LogP contribution in [0.5, 0.6) is 0 Å². The lowest BCUT2D eigenvalue weighted by Gasteiger charge is -2.29. The Balaban J connectivity index is 1.98. The van der Waals surface area contributed by atoms with Crippen LogP contribution in [0.3, 0.4) is 0 Å². The number of ether oxygens (including phenoxy) is 1. The van der Waals surface area contributed by atoms with E-state index < -0.39 is 0 Å². The molecule has 1 aliphatic heterocycles. The number of nitrogen functional groups attached to an aromatic ring is 1. The summed E-state index contributed by atoms with van der Waals surface area (Å²) in [5, 5.41) is 0. The molecule has 0 aliphatic carbocycles. The average Bonchev–Trinajstić information content (AvgIpc) is 2.76. The van der Waals surface area contributed by atoms with Gasteiger partial charge >= 0.3 is 0 Å². The standard InChI is InChI=1S/C16H26N2O/c1-12(2)18(11-15-9-8-13(3)19-15)10-14-6-4-5-7-16(14)17/h4-7,12-13,15H,8-11,17H2,1-3H3. The first kappa shape index (κ1) is 14.4. The second-order valence-electron chi connectivity index (χ2n) is 5.87. The van der Waals surface area contributed by atoms with Gasteiger partial charge in [-0.25, -0.2) is 0 Å². The van der Waals surface area contributed by atoms with E-state index >= 15 is 0 Å². The zero-order valence-corrected chi connectivity index (χ0v) is 12.3. The molecule has 2 atom stereocenters. The van der Waals surface area contributed by atoms with Gasteiger partial charge in [-0.05, 0) is 45.2 Å². The summed E-state index contributed by atoms with van der Waals surface area (Å²) in [7, 11) is 0. The first-order chi connectivity index (χ1) is 9.06. The van der Waals surface area contributed by atoms with Crippen molar-refractivity contribution < 1.29 is 4.74 Å². The molecule has 106 valence electrons. The minimum absolute atomic E-state index is 0.377. The van der Waals surface area contributed by atoms with Crippen LogP contribution in [0.1, 0.15) is 39.2 Å². The van der Waals surface area contributed by atoms with E-state index in [2.05, 4.69) is 37.8 Å². The van der Waals surface area contributed by atoms with Crippen molar-refractivity contribution in [2.45, 2.75) is 58.4 Å². The Hall–Kier alpha value is -1.06. The fourth-order valence-corrected chi connectivity index (χ4v) is 2.64. The number of rotatable bonds is 5. The molecule has 1 fully saturated rings. The van der Waals surface area contributed by atoms with Crippen molar-refractivity contribution in [2.75, 3.05) is 12.3 Å². The smallest absolute Gasteiger partial charge is 0.0706 e. The minimum atomic E-state index is 0.377. The van der Waals surface area contributed by atoms with Crippen LogP contribution in [0.2, 0.25) is 0 Å². The van der Waals surface area contributed by atoms with Crippen molar-refractivity contribution in [3.05, 3.63) is 29.8 Å². The molecule has 0 bridgehead atoms. The van der Waals surface area contributed by atoms with Crippen molar-refractivity contribution in [3.63, 3.8) is 0 Å². The third-order valence-electron chi connectivity index (χ3n) is 3.92. The summed E-state index contributed by atoms with van der Waals surface area (Å²) >= 11 is 0. The van der Waals surface area contributed by atoms with Crippen LogP contribution in [0.25, 0.3) is 0 Å². The average molecular weight is 262 g/mol. The molecular weight excluding hydrogens is 236 g/mol.